The molecule has 1 aromatic rings. The molecular formula is C7H7B2NO3. The van der Waals surface area contributed by atoms with Gasteiger partial charge < -0.3 is 0 Å². The van der Waals surface area contributed by atoms with Gasteiger partial charge in [-0.15, -0.1) is 0 Å². The third-order valence-corrected chi connectivity index (χ3v) is 1.48. The van der Waals surface area contributed by atoms with Crippen molar-refractivity contribution in [2.24, 2.45) is 4.99 Å². The third-order valence-electron chi connectivity index (χ3n) is 1.48. The Balaban J connectivity index is 2.81. The molecule has 2 N–H and O–H groups in total. The van der Waals surface area contributed by atoms with Gasteiger partial charge in [-0.3, -0.25) is 0 Å². The minimum atomic E-state index is -1.47. The van der Waals surface area contributed by atoms with Crippen LogP contribution in [-0.2, 0) is 4.70 Å². The molecule has 0 fully saturated rings. The van der Waals surface area contributed by atoms with E-state index in [9.17, 15) is 4.70 Å². The average Bonchev–Trinajstić information content (AvgIpc) is 2.15. The zero-order chi connectivity index (χ0) is 9.68. The van der Waals surface area contributed by atoms with Gasteiger partial charge in [-0.2, -0.15) is 0 Å². The summed E-state index contributed by atoms with van der Waals surface area (Å²) in [7, 11) is -0.890. The Kier molecular flexibility index (Phi) is 3.54. The summed E-state index contributed by atoms with van der Waals surface area (Å²) in [4.78, 5) is 3.77. The minimum absolute atomic E-state index is 0.394. The second-order valence-electron chi connectivity index (χ2n) is 2.38. The average molecular weight is 175 g/mol. The van der Waals surface area contributed by atoms with E-state index >= 15 is 0 Å². The Bertz CT molecular complexity index is 310. The van der Waals surface area contributed by atoms with E-state index in [0.29, 0.717) is 18.3 Å². The molecule has 0 aliphatic carbocycles. The summed E-state index contributed by atoms with van der Waals surface area (Å²) >= 11 is 0. The second kappa shape index (κ2) is 4.69. The Morgan fingerprint density at radius 2 is 1.92 bits per heavy atom. The van der Waals surface area contributed by atoms with E-state index in [-0.39, 0.29) is 0 Å². The van der Waals surface area contributed by atoms with Crippen molar-refractivity contribution in [3.8, 4) is 0 Å². The van der Waals surface area contributed by atoms with Crippen molar-refractivity contribution in [1.82, 2.24) is 0 Å². The Hall–Kier alpha value is -1.26. The topological polar surface area (TPSA) is 69.9 Å². The number of nitrogens with zero attached hydrogens (tertiary/aromatic N) is 1. The SMILES string of the molecule is O=BC=Nc1ccc(B(O)O)cc1. The standard InChI is InChI=1S/C7H7B2NO3/c11-8-5-10-7-3-1-6(2-4-7)9(12)13/h1-5,12-13H. The fourth-order valence-electron chi connectivity index (χ4n) is 0.849. The van der Waals surface area contributed by atoms with Gasteiger partial charge >= 0.3 is 75.5 Å². The first-order chi connectivity index (χ1) is 6.24. The van der Waals surface area contributed by atoms with Crippen LogP contribution in [0.2, 0.25) is 0 Å². The summed E-state index contributed by atoms with van der Waals surface area (Å²) < 4.78 is 9.92. The van der Waals surface area contributed by atoms with Gasteiger partial charge in [-0.1, -0.05) is 0 Å². The van der Waals surface area contributed by atoms with Gasteiger partial charge in [0, 0.05) is 0 Å². The van der Waals surface area contributed by atoms with E-state index in [1.54, 1.807) is 12.1 Å². The Morgan fingerprint density at radius 1 is 1.31 bits per heavy atom. The molecule has 0 saturated heterocycles. The third kappa shape index (κ3) is 2.93. The molecule has 0 saturated carbocycles. The van der Waals surface area contributed by atoms with Crippen molar-refractivity contribution in [1.29, 1.82) is 0 Å². The molecule has 64 valence electrons. The molecule has 0 unspecified atom stereocenters. The molecule has 1 rings (SSSR count). The molecule has 13 heavy (non-hydrogen) atoms. The number of rotatable bonds is 3. The maximum atomic E-state index is 9.92. The van der Waals surface area contributed by atoms with Crippen molar-refractivity contribution in [2.75, 3.05) is 0 Å². The van der Waals surface area contributed by atoms with Gasteiger partial charge in [0.05, 0.1) is 0 Å². The van der Waals surface area contributed by atoms with Crippen LogP contribution in [0.4, 0.5) is 5.69 Å². The van der Waals surface area contributed by atoms with Crippen LogP contribution in [0.5, 0.6) is 0 Å². The number of hydrogen-bond donors (Lipinski definition) is 2. The molecular weight excluding hydrogens is 168 g/mol. The monoisotopic (exact) mass is 175 g/mol. The van der Waals surface area contributed by atoms with Gasteiger partial charge in [-0.05, 0) is 0 Å². The van der Waals surface area contributed by atoms with Gasteiger partial charge in [-0.25, -0.2) is 0 Å². The van der Waals surface area contributed by atoms with E-state index < -0.39 is 7.12 Å². The molecule has 0 amide bonds. The fraction of sp³-hybridized carbons (Fsp3) is 0. The van der Waals surface area contributed by atoms with Crippen molar-refractivity contribution in [3.05, 3.63) is 24.3 Å². The van der Waals surface area contributed by atoms with Crippen LogP contribution in [0.15, 0.2) is 29.3 Å². The van der Waals surface area contributed by atoms with E-state index in [0.717, 1.165) is 6.11 Å². The summed E-state index contributed by atoms with van der Waals surface area (Å²) in [5, 5.41) is 17.5. The molecule has 4 nitrogen and oxygen atoms in total. The maximum absolute atomic E-state index is 9.92. The quantitative estimate of drug-likeness (QED) is 0.460. The normalized spacial score (nSPS) is 10.0. The van der Waals surface area contributed by atoms with Crippen LogP contribution in [-0.4, -0.2) is 30.4 Å². The van der Waals surface area contributed by atoms with Crippen LogP contribution in [0.25, 0.3) is 0 Å². The van der Waals surface area contributed by atoms with Crippen LogP contribution >= 0.6 is 0 Å². The van der Waals surface area contributed by atoms with Gasteiger partial charge in [0.2, 0.25) is 0 Å². The predicted octanol–water partition coefficient (Wildman–Crippen LogP) is -0.924. The molecule has 0 bridgehead atoms. The van der Waals surface area contributed by atoms with Crippen molar-refractivity contribution < 1.29 is 14.8 Å². The second-order valence-corrected chi connectivity index (χ2v) is 2.38. The number of benzene rings is 1. The van der Waals surface area contributed by atoms with Gasteiger partial charge in [0.25, 0.3) is 0 Å². The van der Waals surface area contributed by atoms with Crippen molar-refractivity contribution >= 4 is 31.5 Å². The van der Waals surface area contributed by atoms with Crippen molar-refractivity contribution in [2.45, 2.75) is 0 Å². The summed E-state index contributed by atoms with van der Waals surface area (Å²) in [6.45, 7) is 0. The Morgan fingerprint density at radius 3 is 2.38 bits per heavy atom. The molecule has 0 heterocycles. The first-order valence-corrected chi connectivity index (χ1v) is 3.68. The zero-order valence-corrected chi connectivity index (χ0v) is 6.79. The molecule has 1 aromatic carbocycles. The summed E-state index contributed by atoms with van der Waals surface area (Å²) in [6.07, 6.45) is 1.13. The van der Waals surface area contributed by atoms with Gasteiger partial charge in [0.15, 0.2) is 0 Å². The first kappa shape index (κ1) is 9.83. The summed E-state index contributed by atoms with van der Waals surface area (Å²) in [5.74, 6) is 0. The van der Waals surface area contributed by atoms with Crippen molar-refractivity contribution in [3.63, 3.8) is 0 Å². The van der Waals surface area contributed by atoms with E-state index in [1.165, 1.54) is 12.1 Å². The molecule has 0 aliphatic heterocycles. The fourth-order valence-corrected chi connectivity index (χ4v) is 0.849. The number of hydrogen-bond acceptors (Lipinski definition) is 4. The first-order valence-electron chi connectivity index (χ1n) is 3.68. The predicted molar refractivity (Wildman–Crippen MR) is 50.9 cm³/mol. The van der Waals surface area contributed by atoms with Crippen LogP contribution < -0.4 is 5.46 Å². The summed E-state index contributed by atoms with van der Waals surface area (Å²) in [6, 6.07) is 6.24. The molecule has 0 spiro atoms. The Labute approximate surface area is 76.3 Å². The van der Waals surface area contributed by atoms with Crippen LogP contribution in [0, 0.1) is 0 Å². The molecule has 0 aliphatic rings. The van der Waals surface area contributed by atoms with E-state index in [4.69, 9.17) is 10.0 Å². The zero-order valence-electron chi connectivity index (χ0n) is 6.79. The van der Waals surface area contributed by atoms with Crippen LogP contribution in [0.1, 0.15) is 0 Å². The molecule has 0 aromatic heterocycles. The summed E-state index contributed by atoms with van der Waals surface area (Å²) in [5.41, 5.74) is 0.988. The van der Waals surface area contributed by atoms with Crippen LogP contribution in [0.3, 0.4) is 0 Å². The van der Waals surface area contributed by atoms with Gasteiger partial charge in [0.1, 0.15) is 0 Å². The number of aliphatic imine (C=N–C) groups is 1. The molecule has 0 atom stereocenters. The molecule has 0 radical (unpaired) electrons. The molecule has 6 heteroatoms. The van der Waals surface area contributed by atoms with E-state index in [2.05, 4.69) is 4.99 Å². The van der Waals surface area contributed by atoms with E-state index in [1.807, 2.05) is 0 Å².